The lowest BCUT2D eigenvalue weighted by atomic mass is 10.2. The standard InChI is InChI=1S/C18H30N8O2/c1-13(2)25(11-16-19-6-7-23(16)5)18(27)12-26-17(20-21-22-26)10-24-8-14(3)28-15(4)9-24/h6-7,13-15H,8-12H2,1-5H3/t14-,15+. The summed E-state index contributed by atoms with van der Waals surface area (Å²) in [6.45, 7) is 10.9. The second kappa shape index (κ2) is 8.78. The summed E-state index contributed by atoms with van der Waals surface area (Å²) < 4.78 is 9.30. The van der Waals surface area contributed by atoms with Crippen molar-refractivity contribution < 1.29 is 9.53 Å². The molecule has 1 amide bonds. The predicted octanol–water partition coefficient (Wildman–Crippen LogP) is 0.453. The van der Waals surface area contributed by atoms with Crippen molar-refractivity contribution in [3.8, 4) is 0 Å². The zero-order valence-corrected chi connectivity index (χ0v) is 17.3. The Hall–Kier alpha value is -2.33. The van der Waals surface area contributed by atoms with Gasteiger partial charge in [0.2, 0.25) is 5.91 Å². The summed E-state index contributed by atoms with van der Waals surface area (Å²) in [5, 5.41) is 12.0. The maximum atomic E-state index is 13.0. The smallest absolute Gasteiger partial charge is 0.245 e. The average Bonchev–Trinajstić information content (AvgIpc) is 3.20. The summed E-state index contributed by atoms with van der Waals surface area (Å²) in [4.78, 5) is 21.4. The van der Waals surface area contributed by atoms with E-state index in [9.17, 15) is 4.79 Å². The van der Waals surface area contributed by atoms with Gasteiger partial charge < -0.3 is 14.2 Å². The number of nitrogens with zero attached hydrogens (tertiary/aromatic N) is 8. The summed E-state index contributed by atoms with van der Waals surface area (Å²) in [6.07, 6.45) is 3.96. The summed E-state index contributed by atoms with van der Waals surface area (Å²) in [5.41, 5.74) is 0. The number of aromatic nitrogens is 6. The Balaban J connectivity index is 1.66. The largest absolute Gasteiger partial charge is 0.373 e. The summed E-state index contributed by atoms with van der Waals surface area (Å²) >= 11 is 0. The van der Waals surface area contributed by atoms with E-state index in [1.165, 1.54) is 0 Å². The van der Waals surface area contributed by atoms with Gasteiger partial charge in [-0.25, -0.2) is 9.67 Å². The molecule has 10 heteroatoms. The second-order valence-electron chi connectivity index (χ2n) is 7.77. The molecule has 154 valence electrons. The summed E-state index contributed by atoms with van der Waals surface area (Å²) in [7, 11) is 1.93. The van der Waals surface area contributed by atoms with Crippen LogP contribution in [0.25, 0.3) is 0 Å². The van der Waals surface area contributed by atoms with E-state index in [1.54, 1.807) is 15.8 Å². The molecule has 3 heterocycles. The molecule has 0 radical (unpaired) electrons. The van der Waals surface area contributed by atoms with Crippen LogP contribution in [0.2, 0.25) is 0 Å². The zero-order chi connectivity index (χ0) is 20.3. The molecule has 2 atom stereocenters. The highest BCUT2D eigenvalue weighted by molar-refractivity contribution is 5.76. The molecular weight excluding hydrogens is 360 g/mol. The second-order valence-corrected chi connectivity index (χ2v) is 7.77. The molecule has 0 spiro atoms. The summed E-state index contributed by atoms with van der Waals surface area (Å²) in [6, 6.07) is 0.0464. The molecule has 2 aromatic heterocycles. The van der Waals surface area contributed by atoms with Crippen LogP contribution in [0.5, 0.6) is 0 Å². The minimum absolute atomic E-state index is 0.0322. The quantitative estimate of drug-likeness (QED) is 0.678. The van der Waals surface area contributed by atoms with Crippen molar-refractivity contribution in [2.45, 2.75) is 65.6 Å². The number of ether oxygens (including phenoxy) is 1. The molecular formula is C18H30N8O2. The van der Waals surface area contributed by atoms with E-state index in [0.717, 1.165) is 18.9 Å². The molecule has 0 bridgehead atoms. The van der Waals surface area contributed by atoms with Gasteiger partial charge in [-0.2, -0.15) is 0 Å². The fourth-order valence-corrected chi connectivity index (χ4v) is 3.55. The lowest BCUT2D eigenvalue weighted by Gasteiger charge is -2.34. The molecule has 28 heavy (non-hydrogen) atoms. The van der Waals surface area contributed by atoms with Gasteiger partial charge in [0.25, 0.3) is 0 Å². The van der Waals surface area contributed by atoms with Crippen LogP contribution in [0.15, 0.2) is 12.4 Å². The molecule has 3 rings (SSSR count). The van der Waals surface area contributed by atoms with Crippen molar-refractivity contribution in [3.05, 3.63) is 24.0 Å². The van der Waals surface area contributed by atoms with E-state index in [-0.39, 0.29) is 30.7 Å². The molecule has 10 nitrogen and oxygen atoms in total. The number of amides is 1. The number of imidazole rings is 1. The van der Waals surface area contributed by atoms with Crippen LogP contribution in [0, 0.1) is 0 Å². The number of rotatable bonds is 7. The third-order valence-electron chi connectivity index (χ3n) is 4.93. The average molecular weight is 390 g/mol. The molecule has 1 aliphatic rings. The molecule has 2 aromatic rings. The van der Waals surface area contributed by atoms with Gasteiger partial charge in [-0.15, -0.1) is 5.10 Å². The van der Waals surface area contributed by atoms with Crippen molar-refractivity contribution in [3.63, 3.8) is 0 Å². The Morgan fingerprint density at radius 3 is 2.61 bits per heavy atom. The van der Waals surface area contributed by atoms with Crippen molar-refractivity contribution in [2.75, 3.05) is 13.1 Å². The Kier molecular flexibility index (Phi) is 6.40. The van der Waals surface area contributed by atoms with Crippen LogP contribution in [0.4, 0.5) is 0 Å². The first-order valence-electron chi connectivity index (χ1n) is 9.72. The third-order valence-corrected chi connectivity index (χ3v) is 4.93. The first-order chi connectivity index (χ1) is 13.3. The highest BCUT2D eigenvalue weighted by Gasteiger charge is 2.25. The van der Waals surface area contributed by atoms with Gasteiger partial charge in [-0.3, -0.25) is 9.69 Å². The molecule has 1 saturated heterocycles. The first kappa shape index (κ1) is 20.4. The van der Waals surface area contributed by atoms with Gasteiger partial charge in [-0.1, -0.05) is 0 Å². The number of morpholine rings is 1. The van der Waals surface area contributed by atoms with E-state index < -0.39 is 0 Å². The molecule has 0 aliphatic carbocycles. The van der Waals surface area contributed by atoms with Crippen molar-refractivity contribution in [1.82, 2.24) is 39.6 Å². The lowest BCUT2D eigenvalue weighted by molar-refractivity contribution is -0.134. The van der Waals surface area contributed by atoms with Crippen LogP contribution in [-0.4, -0.2) is 76.8 Å². The number of aryl methyl sites for hydroxylation is 1. The maximum Gasteiger partial charge on any atom is 0.245 e. The normalized spacial score (nSPS) is 20.6. The van der Waals surface area contributed by atoms with E-state index in [4.69, 9.17) is 4.74 Å². The fourth-order valence-electron chi connectivity index (χ4n) is 3.55. The number of carbonyl (C=O) groups excluding carboxylic acids is 1. The highest BCUT2D eigenvalue weighted by atomic mass is 16.5. The molecule has 1 fully saturated rings. The SMILES string of the molecule is CC(C)N(Cc1nccn1C)C(=O)Cn1nnnc1CN1C[C@@H](C)O[C@@H](C)C1. The van der Waals surface area contributed by atoms with Crippen molar-refractivity contribution in [2.24, 2.45) is 7.05 Å². The van der Waals surface area contributed by atoms with Crippen LogP contribution in [0.3, 0.4) is 0 Å². The topological polar surface area (TPSA) is 94.2 Å². The van der Waals surface area contributed by atoms with Crippen molar-refractivity contribution >= 4 is 5.91 Å². The van der Waals surface area contributed by atoms with Crippen LogP contribution >= 0.6 is 0 Å². The first-order valence-corrected chi connectivity index (χ1v) is 9.72. The van der Waals surface area contributed by atoms with Gasteiger partial charge in [0, 0.05) is 38.6 Å². The predicted molar refractivity (Wildman–Crippen MR) is 102 cm³/mol. The van der Waals surface area contributed by atoms with E-state index in [1.807, 2.05) is 31.7 Å². The van der Waals surface area contributed by atoms with Crippen molar-refractivity contribution in [1.29, 1.82) is 0 Å². The molecule has 1 aliphatic heterocycles. The number of hydrogen-bond acceptors (Lipinski definition) is 7. The number of tetrazole rings is 1. The monoisotopic (exact) mass is 390 g/mol. The van der Waals surface area contributed by atoms with Gasteiger partial charge in [-0.05, 0) is 38.1 Å². The third kappa shape index (κ3) is 4.93. The maximum absolute atomic E-state index is 13.0. The van der Waals surface area contributed by atoms with Gasteiger partial charge in [0.1, 0.15) is 12.4 Å². The van der Waals surface area contributed by atoms with E-state index in [2.05, 4.69) is 39.3 Å². The number of hydrogen-bond donors (Lipinski definition) is 0. The Labute approximate surface area is 165 Å². The molecule has 0 saturated carbocycles. The Morgan fingerprint density at radius 2 is 2.00 bits per heavy atom. The van der Waals surface area contributed by atoms with Crippen LogP contribution in [-0.2, 0) is 36.2 Å². The molecule has 0 N–H and O–H groups in total. The Morgan fingerprint density at radius 1 is 1.29 bits per heavy atom. The number of carbonyl (C=O) groups is 1. The summed E-state index contributed by atoms with van der Waals surface area (Å²) in [5.74, 6) is 1.50. The zero-order valence-electron chi connectivity index (χ0n) is 17.3. The van der Waals surface area contributed by atoms with Gasteiger partial charge in [0.05, 0.1) is 25.3 Å². The minimum Gasteiger partial charge on any atom is -0.373 e. The molecule has 0 unspecified atom stereocenters. The van der Waals surface area contributed by atoms with Gasteiger partial charge >= 0.3 is 0 Å². The van der Waals surface area contributed by atoms with Crippen LogP contribution < -0.4 is 0 Å². The van der Waals surface area contributed by atoms with E-state index >= 15 is 0 Å². The minimum atomic E-state index is -0.0322. The Bertz CT molecular complexity index is 776. The fraction of sp³-hybridized carbons (Fsp3) is 0.722. The van der Waals surface area contributed by atoms with Crippen LogP contribution in [0.1, 0.15) is 39.3 Å². The van der Waals surface area contributed by atoms with Gasteiger partial charge in [0.15, 0.2) is 5.82 Å². The molecule has 0 aromatic carbocycles. The van der Waals surface area contributed by atoms with E-state index in [0.29, 0.717) is 18.9 Å². The lowest BCUT2D eigenvalue weighted by Crippen LogP contribution is -2.45. The highest BCUT2D eigenvalue weighted by Crippen LogP contribution is 2.13.